The molecule has 0 aromatic heterocycles. The Kier molecular flexibility index (Phi) is 4.08. The highest BCUT2D eigenvalue weighted by molar-refractivity contribution is 5.80. The fourth-order valence-electron chi connectivity index (χ4n) is 3.49. The molecule has 2 atom stereocenters. The van der Waals surface area contributed by atoms with Crippen LogP contribution in [0.15, 0.2) is 18.2 Å². The van der Waals surface area contributed by atoms with Crippen LogP contribution in [0.1, 0.15) is 42.9 Å². The van der Waals surface area contributed by atoms with Gasteiger partial charge in [0.2, 0.25) is 5.91 Å². The topological polar surface area (TPSA) is 46.3 Å². The number of carbonyl (C=O) groups is 1. The molecule has 1 saturated heterocycles. The van der Waals surface area contributed by atoms with Crippen LogP contribution in [0.3, 0.4) is 0 Å². The van der Waals surface area contributed by atoms with E-state index in [1.165, 1.54) is 6.07 Å². The monoisotopic (exact) mass is 330 g/mol. The second kappa shape index (κ2) is 5.78. The number of halogens is 4. The number of nitrogens with two attached hydrogens (primary N) is 1. The maximum absolute atomic E-state index is 14.4. The first-order valence-corrected chi connectivity index (χ1v) is 7.70. The Labute approximate surface area is 131 Å². The number of amides is 1. The molecule has 7 heteroatoms. The number of likely N-dealkylation sites (tertiary alicyclic amines) is 1. The summed E-state index contributed by atoms with van der Waals surface area (Å²) in [6, 6.07) is 1.81. The van der Waals surface area contributed by atoms with Crippen molar-refractivity contribution < 1.29 is 22.4 Å². The van der Waals surface area contributed by atoms with E-state index in [1.54, 1.807) is 0 Å². The molecule has 3 rings (SSSR count). The second-order valence-electron chi connectivity index (χ2n) is 6.31. The molecular weight excluding hydrogens is 312 g/mol. The molecule has 1 aromatic carbocycles. The number of alkyl halides is 3. The minimum absolute atomic E-state index is 0.168. The smallest absolute Gasteiger partial charge is 0.368 e. The van der Waals surface area contributed by atoms with Crippen LogP contribution in [0.25, 0.3) is 0 Å². The molecule has 1 aromatic rings. The van der Waals surface area contributed by atoms with E-state index >= 15 is 0 Å². The van der Waals surface area contributed by atoms with Crippen LogP contribution in [0, 0.1) is 11.7 Å². The molecule has 0 unspecified atom stereocenters. The van der Waals surface area contributed by atoms with Crippen LogP contribution in [0.2, 0.25) is 0 Å². The van der Waals surface area contributed by atoms with Crippen molar-refractivity contribution in [3.05, 3.63) is 35.1 Å². The number of rotatable bonds is 4. The molecule has 2 N–H and O–H groups in total. The van der Waals surface area contributed by atoms with Gasteiger partial charge in [0.25, 0.3) is 0 Å². The van der Waals surface area contributed by atoms with Gasteiger partial charge in [0.1, 0.15) is 5.82 Å². The van der Waals surface area contributed by atoms with E-state index in [1.807, 2.05) is 4.90 Å². The SMILES string of the molecule is NC(=O)[C@H]1CCCN1[C@@H](c1ccc(C(F)(F)F)cc1F)C1CC1. The van der Waals surface area contributed by atoms with Crippen molar-refractivity contribution in [1.82, 2.24) is 4.90 Å². The molecule has 1 aliphatic heterocycles. The van der Waals surface area contributed by atoms with Crippen LogP contribution >= 0.6 is 0 Å². The van der Waals surface area contributed by atoms with Gasteiger partial charge in [-0.1, -0.05) is 6.07 Å². The van der Waals surface area contributed by atoms with Crippen LogP contribution in [0.5, 0.6) is 0 Å². The maximum Gasteiger partial charge on any atom is 0.416 e. The number of carbonyl (C=O) groups excluding carboxylic acids is 1. The van der Waals surface area contributed by atoms with Crippen molar-refractivity contribution in [3.63, 3.8) is 0 Å². The van der Waals surface area contributed by atoms with E-state index in [2.05, 4.69) is 0 Å². The highest BCUT2D eigenvalue weighted by Crippen LogP contribution is 2.48. The minimum Gasteiger partial charge on any atom is -0.368 e. The third-order valence-electron chi connectivity index (χ3n) is 4.69. The number of primary amides is 1. The predicted molar refractivity (Wildman–Crippen MR) is 75.8 cm³/mol. The molecule has 23 heavy (non-hydrogen) atoms. The van der Waals surface area contributed by atoms with Gasteiger partial charge in [0, 0.05) is 11.6 Å². The van der Waals surface area contributed by atoms with Crippen LogP contribution in [-0.4, -0.2) is 23.4 Å². The van der Waals surface area contributed by atoms with Gasteiger partial charge in [-0.3, -0.25) is 9.69 Å². The Hall–Kier alpha value is -1.63. The molecule has 2 aliphatic rings. The lowest BCUT2D eigenvalue weighted by Crippen LogP contribution is -2.43. The third kappa shape index (κ3) is 3.20. The first-order chi connectivity index (χ1) is 10.8. The quantitative estimate of drug-likeness (QED) is 0.862. The van der Waals surface area contributed by atoms with Crippen molar-refractivity contribution in [2.75, 3.05) is 6.54 Å². The maximum atomic E-state index is 14.4. The molecule has 1 amide bonds. The number of hydrogen-bond acceptors (Lipinski definition) is 2. The molecule has 0 radical (unpaired) electrons. The predicted octanol–water partition coefficient (Wildman–Crippen LogP) is 3.25. The van der Waals surface area contributed by atoms with E-state index in [0.717, 1.165) is 25.3 Å². The van der Waals surface area contributed by atoms with Gasteiger partial charge in [-0.2, -0.15) is 13.2 Å². The molecule has 3 nitrogen and oxygen atoms in total. The largest absolute Gasteiger partial charge is 0.416 e. The fourth-order valence-corrected chi connectivity index (χ4v) is 3.49. The standard InChI is InChI=1S/C16H18F4N2O/c17-12-8-10(16(18,19)20)5-6-11(12)14(9-3-4-9)22-7-1-2-13(22)15(21)23/h5-6,8-9,13-14H,1-4,7H2,(H2,21,23)/t13-,14-/m1/s1. The Morgan fingerprint density at radius 3 is 2.48 bits per heavy atom. The Balaban J connectivity index is 1.95. The molecule has 0 bridgehead atoms. The van der Waals surface area contributed by atoms with Gasteiger partial charge in [-0.25, -0.2) is 4.39 Å². The zero-order valence-corrected chi connectivity index (χ0v) is 12.4. The normalized spacial score (nSPS) is 23.9. The summed E-state index contributed by atoms with van der Waals surface area (Å²) in [7, 11) is 0. The van der Waals surface area contributed by atoms with Gasteiger partial charge in [0.05, 0.1) is 11.6 Å². The van der Waals surface area contributed by atoms with Crippen molar-refractivity contribution >= 4 is 5.91 Å². The molecular formula is C16H18F4N2O. The van der Waals surface area contributed by atoms with Crippen LogP contribution in [-0.2, 0) is 11.0 Å². The van der Waals surface area contributed by atoms with Crippen molar-refractivity contribution in [3.8, 4) is 0 Å². The van der Waals surface area contributed by atoms with Crippen LogP contribution < -0.4 is 5.73 Å². The van der Waals surface area contributed by atoms with E-state index < -0.39 is 29.5 Å². The summed E-state index contributed by atoms with van der Waals surface area (Å²) < 4.78 is 52.5. The first kappa shape index (κ1) is 16.2. The van der Waals surface area contributed by atoms with E-state index in [4.69, 9.17) is 5.73 Å². The van der Waals surface area contributed by atoms with E-state index in [0.29, 0.717) is 19.0 Å². The lowest BCUT2D eigenvalue weighted by atomic mass is 9.97. The van der Waals surface area contributed by atoms with Gasteiger partial charge in [-0.15, -0.1) is 0 Å². The lowest BCUT2D eigenvalue weighted by Gasteiger charge is -2.32. The van der Waals surface area contributed by atoms with Gasteiger partial charge >= 0.3 is 6.18 Å². The Morgan fingerprint density at radius 2 is 1.96 bits per heavy atom. The zero-order chi connectivity index (χ0) is 16.8. The van der Waals surface area contributed by atoms with Gasteiger partial charge in [-0.05, 0) is 50.3 Å². The average Bonchev–Trinajstić information content (AvgIpc) is 3.16. The first-order valence-electron chi connectivity index (χ1n) is 7.70. The number of hydrogen-bond donors (Lipinski definition) is 1. The van der Waals surface area contributed by atoms with Crippen molar-refractivity contribution in [2.24, 2.45) is 11.7 Å². The minimum atomic E-state index is -4.57. The van der Waals surface area contributed by atoms with Gasteiger partial charge in [0.15, 0.2) is 0 Å². The Morgan fingerprint density at radius 1 is 1.26 bits per heavy atom. The molecule has 0 spiro atoms. The highest BCUT2D eigenvalue weighted by atomic mass is 19.4. The molecule has 2 fully saturated rings. The van der Waals surface area contributed by atoms with Crippen molar-refractivity contribution in [1.29, 1.82) is 0 Å². The number of benzene rings is 1. The summed E-state index contributed by atoms with van der Waals surface area (Å²) in [5, 5.41) is 0. The zero-order valence-electron chi connectivity index (χ0n) is 12.4. The average molecular weight is 330 g/mol. The summed E-state index contributed by atoms with van der Waals surface area (Å²) in [5.74, 6) is -1.16. The second-order valence-corrected chi connectivity index (χ2v) is 6.31. The third-order valence-corrected chi connectivity index (χ3v) is 4.69. The van der Waals surface area contributed by atoms with Crippen molar-refractivity contribution in [2.45, 2.75) is 43.9 Å². The summed E-state index contributed by atoms with van der Waals surface area (Å²) >= 11 is 0. The summed E-state index contributed by atoms with van der Waals surface area (Å²) in [5.41, 5.74) is 4.65. The summed E-state index contributed by atoms with van der Waals surface area (Å²) in [6.45, 7) is 0.606. The van der Waals surface area contributed by atoms with Gasteiger partial charge < -0.3 is 5.73 Å². The summed E-state index contributed by atoms with van der Waals surface area (Å²) in [6.07, 6.45) is -1.42. The number of nitrogens with zero attached hydrogens (tertiary/aromatic N) is 1. The van der Waals surface area contributed by atoms with E-state index in [-0.39, 0.29) is 17.5 Å². The molecule has 1 aliphatic carbocycles. The lowest BCUT2D eigenvalue weighted by molar-refractivity contribution is -0.137. The Bertz CT molecular complexity index is 613. The fraction of sp³-hybridized carbons (Fsp3) is 0.562. The molecule has 1 heterocycles. The van der Waals surface area contributed by atoms with Crippen LogP contribution in [0.4, 0.5) is 17.6 Å². The highest BCUT2D eigenvalue weighted by Gasteiger charge is 2.44. The summed E-state index contributed by atoms with van der Waals surface area (Å²) in [4.78, 5) is 13.5. The molecule has 126 valence electrons. The molecule has 1 saturated carbocycles. The van der Waals surface area contributed by atoms with E-state index in [9.17, 15) is 22.4 Å².